The number of fused-ring (bicyclic) bond motifs is 1. The van der Waals surface area contributed by atoms with Crippen LogP contribution >= 0.6 is 27.5 Å². The molecule has 0 aliphatic rings. The Morgan fingerprint density at radius 3 is 2.77 bits per heavy atom. The molecular weight excluding hydrogens is 470 g/mol. The number of benzene rings is 2. The van der Waals surface area contributed by atoms with Gasteiger partial charge in [-0.05, 0) is 49.2 Å². The minimum atomic E-state index is -0.215. The maximum atomic E-state index is 13.1. The van der Waals surface area contributed by atoms with Gasteiger partial charge in [-0.1, -0.05) is 40.9 Å². The van der Waals surface area contributed by atoms with Gasteiger partial charge in [-0.25, -0.2) is 4.98 Å². The zero-order valence-corrected chi connectivity index (χ0v) is 19.5. The summed E-state index contributed by atoms with van der Waals surface area (Å²) in [6, 6.07) is 8.96. The van der Waals surface area contributed by atoms with Crippen LogP contribution in [0.3, 0.4) is 0 Å². The average Bonchev–Trinajstić information content (AvgIpc) is 2.73. The highest BCUT2D eigenvalue weighted by Crippen LogP contribution is 2.36. The van der Waals surface area contributed by atoms with Gasteiger partial charge in [0.25, 0.3) is 5.56 Å². The molecule has 3 rings (SSSR count). The van der Waals surface area contributed by atoms with E-state index < -0.39 is 0 Å². The van der Waals surface area contributed by atoms with Crippen molar-refractivity contribution in [2.24, 2.45) is 5.10 Å². The predicted molar refractivity (Wildman–Crippen MR) is 124 cm³/mol. The van der Waals surface area contributed by atoms with E-state index in [-0.39, 0.29) is 5.56 Å². The second kappa shape index (κ2) is 10.1. The standard InChI is InChI=1S/C22H23BrClN3O3/c1-4-6-7-20-26-18-9-8-15(23)12-16(18)22(28)27(20)25-13-14-10-17(24)21(30-5-2)19(11-14)29-3/h8-13H,4-7H2,1-3H3. The predicted octanol–water partition coefficient (Wildman–Crippen LogP) is 5.44. The smallest absolute Gasteiger partial charge is 0.282 e. The van der Waals surface area contributed by atoms with E-state index in [2.05, 4.69) is 32.9 Å². The third kappa shape index (κ3) is 4.84. The van der Waals surface area contributed by atoms with Crippen molar-refractivity contribution >= 4 is 44.6 Å². The summed E-state index contributed by atoms with van der Waals surface area (Å²) in [6.07, 6.45) is 4.13. The average molecular weight is 493 g/mol. The normalized spacial score (nSPS) is 11.4. The van der Waals surface area contributed by atoms with Gasteiger partial charge >= 0.3 is 0 Å². The Hall–Kier alpha value is -2.38. The lowest BCUT2D eigenvalue weighted by Crippen LogP contribution is -2.22. The molecule has 0 amide bonds. The van der Waals surface area contributed by atoms with Gasteiger partial charge in [0.1, 0.15) is 5.82 Å². The van der Waals surface area contributed by atoms with Crippen molar-refractivity contribution in [2.75, 3.05) is 13.7 Å². The fourth-order valence-corrected chi connectivity index (χ4v) is 3.67. The molecule has 0 bridgehead atoms. The van der Waals surface area contributed by atoms with Crippen molar-refractivity contribution in [3.8, 4) is 11.5 Å². The first-order chi connectivity index (χ1) is 14.5. The van der Waals surface area contributed by atoms with Crippen molar-refractivity contribution in [1.29, 1.82) is 0 Å². The van der Waals surface area contributed by atoms with Crippen LogP contribution in [-0.4, -0.2) is 29.6 Å². The molecule has 0 aliphatic heterocycles. The summed E-state index contributed by atoms with van der Waals surface area (Å²) in [6.45, 7) is 4.44. The number of nitrogens with zero attached hydrogens (tertiary/aromatic N) is 3. The number of rotatable bonds is 8. The maximum absolute atomic E-state index is 13.1. The fraction of sp³-hybridized carbons (Fsp3) is 0.318. The lowest BCUT2D eigenvalue weighted by atomic mass is 10.2. The zero-order valence-electron chi connectivity index (χ0n) is 17.1. The van der Waals surface area contributed by atoms with Gasteiger partial charge in [0, 0.05) is 10.9 Å². The van der Waals surface area contributed by atoms with Gasteiger partial charge in [-0.2, -0.15) is 9.78 Å². The van der Waals surface area contributed by atoms with Crippen molar-refractivity contribution in [2.45, 2.75) is 33.1 Å². The Morgan fingerprint density at radius 1 is 1.27 bits per heavy atom. The molecule has 0 radical (unpaired) electrons. The topological polar surface area (TPSA) is 65.7 Å². The highest BCUT2D eigenvalue weighted by Gasteiger charge is 2.13. The highest BCUT2D eigenvalue weighted by molar-refractivity contribution is 9.10. The lowest BCUT2D eigenvalue weighted by Gasteiger charge is -2.12. The van der Waals surface area contributed by atoms with Crippen molar-refractivity contribution in [3.63, 3.8) is 0 Å². The molecule has 1 heterocycles. The van der Waals surface area contributed by atoms with E-state index in [4.69, 9.17) is 21.1 Å². The van der Waals surface area contributed by atoms with Gasteiger partial charge in [0.15, 0.2) is 11.5 Å². The zero-order chi connectivity index (χ0) is 21.7. The van der Waals surface area contributed by atoms with E-state index in [0.29, 0.717) is 51.8 Å². The number of hydrogen-bond donors (Lipinski definition) is 0. The largest absolute Gasteiger partial charge is 0.493 e. The van der Waals surface area contributed by atoms with E-state index in [1.807, 2.05) is 19.1 Å². The molecule has 1 aromatic heterocycles. The summed E-state index contributed by atoms with van der Waals surface area (Å²) < 4.78 is 13.1. The van der Waals surface area contributed by atoms with Crippen LogP contribution in [0.1, 0.15) is 38.1 Å². The second-order valence-electron chi connectivity index (χ2n) is 6.62. The minimum absolute atomic E-state index is 0.215. The summed E-state index contributed by atoms with van der Waals surface area (Å²) in [7, 11) is 1.55. The van der Waals surface area contributed by atoms with Gasteiger partial charge in [-0.15, -0.1) is 0 Å². The van der Waals surface area contributed by atoms with Gasteiger partial charge in [0.05, 0.1) is 35.9 Å². The molecule has 0 aliphatic carbocycles. The number of aryl methyl sites for hydroxylation is 1. The molecule has 0 unspecified atom stereocenters. The number of ether oxygens (including phenoxy) is 2. The quantitative estimate of drug-likeness (QED) is 0.393. The minimum Gasteiger partial charge on any atom is -0.493 e. The number of hydrogen-bond acceptors (Lipinski definition) is 5. The lowest BCUT2D eigenvalue weighted by molar-refractivity contribution is 0.311. The Balaban J connectivity index is 2.09. The summed E-state index contributed by atoms with van der Waals surface area (Å²) in [5.74, 6) is 1.61. The molecule has 30 heavy (non-hydrogen) atoms. The Kier molecular flexibility index (Phi) is 7.50. The maximum Gasteiger partial charge on any atom is 0.282 e. The van der Waals surface area contributed by atoms with Gasteiger partial charge in [-0.3, -0.25) is 4.79 Å². The van der Waals surface area contributed by atoms with E-state index in [1.165, 1.54) is 4.68 Å². The van der Waals surface area contributed by atoms with Gasteiger partial charge < -0.3 is 9.47 Å². The van der Waals surface area contributed by atoms with Crippen molar-refractivity contribution in [1.82, 2.24) is 9.66 Å². The summed E-state index contributed by atoms with van der Waals surface area (Å²) in [5, 5.41) is 5.36. The summed E-state index contributed by atoms with van der Waals surface area (Å²) in [5.41, 5.74) is 1.13. The van der Waals surface area contributed by atoms with E-state index in [0.717, 1.165) is 17.3 Å². The van der Waals surface area contributed by atoms with Crippen LogP contribution in [0, 0.1) is 0 Å². The Labute approximate surface area is 188 Å². The van der Waals surface area contributed by atoms with Crippen LogP contribution < -0.4 is 15.0 Å². The molecule has 8 heteroatoms. The highest BCUT2D eigenvalue weighted by atomic mass is 79.9. The third-order valence-electron chi connectivity index (χ3n) is 4.49. The third-order valence-corrected chi connectivity index (χ3v) is 5.27. The van der Waals surface area contributed by atoms with Crippen LogP contribution in [0.4, 0.5) is 0 Å². The van der Waals surface area contributed by atoms with E-state index in [9.17, 15) is 4.79 Å². The number of unbranched alkanes of at least 4 members (excludes halogenated alkanes) is 1. The molecule has 6 nitrogen and oxygen atoms in total. The molecule has 2 aromatic carbocycles. The van der Waals surface area contributed by atoms with Gasteiger partial charge in [0.2, 0.25) is 0 Å². The van der Waals surface area contributed by atoms with Crippen LogP contribution in [0.5, 0.6) is 11.5 Å². The van der Waals surface area contributed by atoms with Crippen molar-refractivity contribution < 1.29 is 9.47 Å². The first-order valence-electron chi connectivity index (χ1n) is 9.74. The Morgan fingerprint density at radius 2 is 2.07 bits per heavy atom. The molecule has 0 fully saturated rings. The molecule has 0 saturated heterocycles. The van der Waals surface area contributed by atoms with Crippen LogP contribution in [0.2, 0.25) is 5.02 Å². The summed E-state index contributed by atoms with van der Waals surface area (Å²) in [4.78, 5) is 17.8. The fourth-order valence-electron chi connectivity index (χ4n) is 3.03. The Bertz CT molecular complexity index is 1140. The van der Waals surface area contributed by atoms with Crippen molar-refractivity contribution in [3.05, 3.63) is 61.6 Å². The van der Waals surface area contributed by atoms with Crippen LogP contribution in [0.15, 0.2) is 44.7 Å². The SMILES string of the molecule is CCCCc1nc2ccc(Br)cc2c(=O)n1N=Cc1cc(Cl)c(OCC)c(OC)c1. The summed E-state index contributed by atoms with van der Waals surface area (Å²) >= 11 is 9.76. The second-order valence-corrected chi connectivity index (χ2v) is 7.94. The first-order valence-corrected chi connectivity index (χ1v) is 10.9. The molecule has 0 N–H and O–H groups in total. The van der Waals surface area contributed by atoms with Crippen LogP contribution in [0.25, 0.3) is 10.9 Å². The molecular formula is C22H23BrClN3O3. The monoisotopic (exact) mass is 491 g/mol. The number of halogens is 2. The molecule has 158 valence electrons. The number of aromatic nitrogens is 2. The molecule has 0 spiro atoms. The molecule has 0 atom stereocenters. The van der Waals surface area contributed by atoms with Crippen LogP contribution in [-0.2, 0) is 6.42 Å². The number of methoxy groups -OCH3 is 1. The van der Waals surface area contributed by atoms with E-state index >= 15 is 0 Å². The molecule has 0 saturated carbocycles. The first kappa shape index (κ1) is 22.3. The van der Waals surface area contributed by atoms with E-state index in [1.54, 1.807) is 31.5 Å². The molecule has 3 aromatic rings.